The number of amides is 1. The van der Waals surface area contributed by atoms with Crippen LogP contribution < -0.4 is 10.5 Å². The fourth-order valence-corrected chi connectivity index (χ4v) is 5.33. The largest absolute Gasteiger partial charge is 0.317 e. The molecule has 0 radical (unpaired) electrons. The first-order valence-corrected chi connectivity index (χ1v) is 12.4. The second-order valence-electron chi connectivity index (χ2n) is 9.23. The molecular formula is C26H27ClFN5O2. The van der Waals surface area contributed by atoms with Gasteiger partial charge >= 0.3 is 0 Å². The smallest absolute Gasteiger partial charge is 0.294 e. The minimum atomic E-state index is -0.489. The zero-order valence-electron chi connectivity index (χ0n) is 20.0. The van der Waals surface area contributed by atoms with Gasteiger partial charge in [0, 0.05) is 23.7 Å². The Balaban J connectivity index is 1.64. The molecule has 5 rings (SSSR count). The number of hydrogen-bond donors (Lipinski definition) is 1. The zero-order chi connectivity index (χ0) is 24.9. The number of H-pyrrole nitrogens is 1. The molecule has 182 valence electrons. The van der Waals surface area contributed by atoms with E-state index >= 15 is 0 Å². The van der Waals surface area contributed by atoms with Gasteiger partial charge < -0.3 is 9.88 Å². The maximum atomic E-state index is 13.9. The topological polar surface area (TPSA) is 83.4 Å². The van der Waals surface area contributed by atoms with E-state index in [1.807, 2.05) is 17.4 Å². The third-order valence-electron chi connectivity index (χ3n) is 6.86. The molecule has 1 amide bonds. The predicted molar refractivity (Wildman–Crippen MR) is 135 cm³/mol. The van der Waals surface area contributed by atoms with Gasteiger partial charge in [0.15, 0.2) is 0 Å². The first-order valence-electron chi connectivity index (χ1n) is 12.1. The SMILES string of the molecule is CCCC(CCC)c1nnc2c(=O)[nH]c3cc(C(=O)N4CCc5cc(F)c(Cl)cc54)c(C)cc3n12. The van der Waals surface area contributed by atoms with E-state index in [4.69, 9.17) is 11.6 Å². The number of fused-ring (bicyclic) bond motifs is 4. The Hall–Kier alpha value is -3.26. The highest BCUT2D eigenvalue weighted by atomic mass is 35.5. The van der Waals surface area contributed by atoms with E-state index < -0.39 is 5.82 Å². The number of anilines is 1. The summed E-state index contributed by atoms with van der Waals surface area (Å²) in [5.41, 5.74) is 3.81. The first kappa shape index (κ1) is 23.5. The van der Waals surface area contributed by atoms with Gasteiger partial charge in [-0.15, -0.1) is 10.2 Å². The number of hydrogen-bond acceptors (Lipinski definition) is 4. The number of halogens is 2. The average molecular weight is 496 g/mol. The summed E-state index contributed by atoms with van der Waals surface area (Å²) in [6.07, 6.45) is 4.47. The highest BCUT2D eigenvalue weighted by molar-refractivity contribution is 6.31. The first-order chi connectivity index (χ1) is 16.8. The van der Waals surface area contributed by atoms with E-state index in [-0.39, 0.29) is 28.1 Å². The maximum absolute atomic E-state index is 13.9. The van der Waals surface area contributed by atoms with Crippen LogP contribution in [0.25, 0.3) is 16.7 Å². The Bertz CT molecular complexity index is 1520. The summed E-state index contributed by atoms with van der Waals surface area (Å²) < 4.78 is 15.8. The number of nitrogens with zero attached hydrogens (tertiary/aromatic N) is 4. The van der Waals surface area contributed by atoms with Crippen LogP contribution >= 0.6 is 11.6 Å². The molecule has 35 heavy (non-hydrogen) atoms. The number of carbonyl (C=O) groups is 1. The van der Waals surface area contributed by atoms with Crippen molar-refractivity contribution in [1.29, 1.82) is 0 Å². The van der Waals surface area contributed by atoms with Crippen LogP contribution in [0.15, 0.2) is 29.1 Å². The van der Waals surface area contributed by atoms with Gasteiger partial charge in [-0.05, 0) is 61.6 Å². The number of aromatic nitrogens is 4. The van der Waals surface area contributed by atoms with Crippen molar-refractivity contribution >= 4 is 39.9 Å². The predicted octanol–water partition coefficient (Wildman–Crippen LogP) is 5.56. The van der Waals surface area contributed by atoms with Crippen LogP contribution in [0.3, 0.4) is 0 Å². The molecule has 0 fully saturated rings. The molecule has 0 spiro atoms. The average Bonchev–Trinajstić information content (AvgIpc) is 3.44. The Labute approximate surface area is 206 Å². The van der Waals surface area contributed by atoms with Gasteiger partial charge in [0.25, 0.3) is 11.5 Å². The lowest BCUT2D eigenvalue weighted by Crippen LogP contribution is -2.29. The van der Waals surface area contributed by atoms with Crippen molar-refractivity contribution in [2.24, 2.45) is 0 Å². The van der Waals surface area contributed by atoms with Crippen LogP contribution in [0.5, 0.6) is 0 Å². The minimum Gasteiger partial charge on any atom is -0.317 e. The van der Waals surface area contributed by atoms with Crippen LogP contribution in [0.1, 0.15) is 72.8 Å². The number of nitrogens with one attached hydrogen (secondary N) is 1. The van der Waals surface area contributed by atoms with E-state index in [0.717, 1.165) is 48.2 Å². The van der Waals surface area contributed by atoms with Gasteiger partial charge in [0.05, 0.1) is 16.1 Å². The summed E-state index contributed by atoms with van der Waals surface area (Å²) in [4.78, 5) is 31.0. The lowest BCUT2D eigenvalue weighted by atomic mass is 9.97. The Morgan fingerprint density at radius 3 is 2.63 bits per heavy atom. The molecule has 0 unspecified atom stereocenters. The fraction of sp³-hybridized carbons (Fsp3) is 0.385. The number of aromatic amines is 1. The van der Waals surface area contributed by atoms with E-state index in [9.17, 15) is 14.0 Å². The van der Waals surface area contributed by atoms with E-state index in [0.29, 0.717) is 29.7 Å². The van der Waals surface area contributed by atoms with Crippen LogP contribution in [0, 0.1) is 12.7 Å². The second-order valence-corrected chi connectivity index (χ2v) is 9.64. The molecule has 0 saturated heterocycles. The van der Waals surface area contributed by atoms with Crippen molar-refractivity contribution < 1.29 is 9.18 Å². The molecular weight excluding hydrogens is 469 g/mol. The van der Waals surface area contributed by atoms with Crippen molar-refractivity contribution in [3.05, 3.63) is 68.0 Å². The molecule has 1 aliphatic heterocycles. The molecule has 9 heteroatoms. The van der Waals surface area contributed by atoms with E-state index in [2.05, 4.69) is 29.0 Å². The molecule has 7 nitrogen and oxygen atoms in total. The van der Waals surface area contributed by atoms with Crippen molar-refractivity contribution in [2.75, 3.05) is 11.4 Å². The number of rotatable bonds is 6. The van der Waals surface area contributed by atoms with Crippen molar-refractivity contribution in [3.63, 3.8) is 0 Å². The zero-order valence-corrected chi connectivity index (χ0v) is 20.7. The van der Waals surface area contributed by atoms with Crippen LogP contribution in [-0.2, 0) is 6.42 Å². The Kier molecular flexibility index (Phi) is 6.09. The summed E-state index contributed by atoms with van der Waals surface area (Å²) in [6.45, 7) is 6.58. The molecule has 0 aliphatic carbocycles. The minimum absolute atomic E-state index is 0.0146. The van der Waals surface area contributed by atoms with E-state index in [1.54, 1.807) is 11.0 Å². The number of benzene rings is 2. The molecule has 0 saturated carbocycles. The van der Waals surface area contributed by atoms with Crippen molar-refractivity contribution in [2.45, 2.75) is 58.8 Å². The third-order valence-corrected chi connectivity index (χ3v) is 7.14. The highest BCUT2D eigenvalue weighted by Gasteiger charge is 2.29. The van der Waals surface area contributed by atoms with Gasteiger partial charge in [-0.25, -0.2) is 4.39 Å². The summed E-state index contributed by atoms with van der Waals surface area (Å²) in [6, 6.07) is 6.52. The van der Waals surface area contributed by atoms with Gasteiger partial charge in [-0.3, -0.25) is 14.0 Å². The quantitative estimate of drug-likeness (QED) is 0.379. The van der Waals surface area contributed by atoms with Gasteiger partial charge in [0.1, 0.15) is 11.6 Å². The molecule has 2 aromatic carbocycles. The maximum Gasteiger partial charge on any atom is 0.294 e. The standard InChI is InChI=1S/C26H27ClFN5O2/c1-4-6-15(7-5-2)23-30-31-24-25(34)29-20-12-17(14(3)10-22(20)33(23)24)26(35)32-9-8-16-11-19(28)18(27)13-21(16)32/h10-13,15H,4-9H2,1-3H3,(H,29,34). The lowest BCUT2D eigenvalue weighted by molar-refractivity contribution is 0.0989. The molecule has 0 bridgehead atoms. The number of carbonyl (C=O) groups excluding carboxylic acids is 1. The monoisotopic (exact) mass is 495 g/mol. The summed E-state index contributed by atoms with van der Waals surface area (Å²) >= 11 is 6.00. The third kappa shape index (κ3) is 3.89. The summed E-state index contributed by atoms with van der Waals surface area (Å²) in [5.74, 6) is 0.268. The molecule has 1 aliphatic rings. The second kappa shape index (κ2) is 9.07. The van der Waals surface area contributed by atoms with Crippen molar-refractivity contribution in [1.82, 2.24) is 19.6 Å². The molecule has 3 heterocycles. The fourth-order valence-electron chi connectivity index (χ4n) is 5.17. The molecule has 2 aromatic heterocycles. The lowest BCUT2D eigenvalue weighted by Gasteiger charge is -2.20. The van der Waals surface area contributed by atoms with Gasteiger partial charge in [-0.1, -0.05) is 38.3 Å². The highest BCUT2D eigenvalue weighted by Crippen LogP contribution is 2.34. The van der Waals surface area contributed by atoms with Gasteiger partial charge in [0.2, 0.25) is 5.65 Å². The summed E-state index contributed by atoms with van der Waals surface area (Å²) in [5, 5.41) is 8.59. The molecule has 1 N–H and O–H groups in total. The summed E-state index contributed by atoms with van der Waals surface area (Å²) in [7, 11) is 0. The molecule has 4 aromatic rings. The Morgan fingerprint density at radius 2 is 1.91 bits per heavy atom. The van der Waals surface area contributed by atoms with Crippen molar-refractivity contribution in [3.8, 4) is 0 Å². The van der Waals surface area contributed by atoms with Crippen LogP contribution in [-0.4, -0.2) is 32.0 Å². The molecule has 0 atom stereocenters. The van der Waals surface area contributed by atoms with Crippen LogP contribution in [0.2, 0.25) is 5.02 Å². The van der Waals surface area contributed by atoms with Gasteiger partial charge in [-0.2, -0.15) is 0 Å². The normalized spacial score (nSPS) is 13.4. The van der Waals surface area contributed by atoms with E-state index in [1.165, 1.54) is 12.1 Å². The Morgan fingerprint density at radius 1 is 1.17 bits per heavy atom. The number of aryl methyl sites for hydroxylation is 1. The van der Waals surface area contributed by atoms with Crippen LogP contribution in [0.4, 0.5) is 10.1 Å².